The van der Waals surface area contributed by atoms with Crippen molar-refractivity contribution < 1.29 is 24.5 Å². The molecule has 5 nitrogen and oxygen atoms in total. The first-order valence-corrected chi connectivity index (χ1v) is 9.48. The lowest BCUT2D eigenvalue weighted by Gasteiger charge is -2.12. The fourth-order valence-electron chi connectivity index (χ4n) is 3.40. The second-order valence-electron chi connectivity index (χ2n) is 7.05. The summed E-state index contributed by atoms with van der Waals surface area (Å²) < 4.78 is 5.54. The summed E-state index contributed by atoms with van der Waals surface area (Å²) >= 11 is 0. The van der Waals surface area contributed by atoms with Crippen molar-refractivity contribution in [2.45, 2.75) is 83.0 Å². The van der Waals surface area contributed by atoms with Crippen molar-refractivity contribution in [1.29, 1.82) is 0 Å². The molecule has 2 N–H and O–H groups in total. The average molecular weight is 350 g/mol. The highest BCUT2D eigenvalue weighted by Crippen LogP contribution is 2.36. The first kappa shape index (κ1) is 19.9. The van der Waals surface area contributed by atoms with Gasteiger partial charge in [0.25, 0.3) is 0 Å². The summed E-state index contributed by atoms with van der Waals surface area (Å²) in [4.78, 5) is 22.7. The van der Waals surface area contributed by atoms with Gasteiger partial charge in [0, 0.05) is 18.8 Å². The van der Waals surface area contributed by atoms with Gasteiger partial charge in [-0.3, -0.25) is 9.59 Å². The van der Waals surface area contributed by atoms with Gasteiger partial charge in [0.15, 0.2) is 5.78 Å². The van der Waals surface area contributed by atoms with Crippen LogP contribution in [0.3, 0.4) is 0 Å². The number of ketones is 1. The maximum atomic E-state index is 12.2. The summed E-state index contributed by atoms with van der Waals surface area (Å²) in [5, 5.41) is 18.8. The molecule has 1 saturated heterocycles. The Balaban J connectivity index is 1.82. The molecule has 0 amide bonds. The van der Waals surface area contributed by atoms with E-state index in [4.69, 9.17) is 9.84 Å². The highest BCUT2D eigenvalue weighted by molar-refractivity contribution is 5.99. The second-order valence-corrected chi connectivity index (χ2v) is 7.05. The molecule has 1 aliphatic heterocycles. The second kappa shape index (κ2) is 9.88. The molecule has 140 valence electrons. The van der Waals surface area contributed by atoms with Gasteiger partial charge in [-0.25, -0.2) is 0 Å². The van der Waals surface area contributed by atoms with Crippen LogP contribution in [0, 0.1) is 5.92 Å². The van der Waals surface area contributed by atoms with Crippen molar-refractivity contribution in [2.24, 2.45) is 5.92 Å². The molecule has 1 aliphatic carbocycles. The van der Waals surface area contributed by atoms with Gasteiger partial charge in [-0.1, -0.05) is 31.9 Å². The number of ether oxygens (including phenoxy) is 1. The Morgan fingerprint density at radius 1 is 1.28 bits per heavy atom. The molecule has 0 spiro atoms. The van der Waals surface area contributed by atoms with Crippen LogP contribution in [0.2, 0.25) is 0 Å². The number of epoxide rings is 1. The van der Waals surface area contributed by atoms with Gasteiger partial charge < -0.3 is 14.9 Å². The number of aliphatic hydroxyl groups excluding tert-OH is 1. The number of aliphatic hydroxyl groups is 1. The van der Waals surface area contributed by atoms with E-state index in [2.05, 4.69) is 19.1 Å². The first-order chi connectivity index (χ1) is 12.0. The lowest BCUT2D eigenvalue weighted by atomic mass is 9.95. The summed E-state index contributed by atoms with van der Waals surface area (Å²) in [5.41, 5.74) is 0.691. The Morgan fingerprint density at radius 3 is 2.80 bits per heavy atom. The van der Waals surface area contributed by atoms with E-state index < -0.39 is 12.1 Å². The van der Waals surface area contributed by atoms with Gasteiger partial charge in [-0.15, -0.1) is 0 Å². The minimum Gasteiger partial charge on any atom is -0.481 e. The van der Waals surface area contributed by atoms with Crippen molar-refractivity contribution in [2.75, 3.05) is 0 Å². The van der Waals surface area contributed by atoms with E-state index in [0.717, 1.165) is 6.42 Å². The van der Waals surface area contributed by atoms with Crippen LogP contribution in [0.4, 0.5) is 0 Å². The number of hydrogen-bond acceptors (Lipinski definition) is 4. The number of rotatable bonds is 11. The lowest BCUT2D eigenvalue weighted by Crippen LogP contribution is -2.14. The van der Waals surface area contributed by atoms with Crippen LogP contribution >= 0.6 is 0 Å². The summed E-state index contributed by atoms with van der Waals surface area (Å²) in [5.74, 6) is -0.925. The van der Waals surface area contributed by atoms with E-state index in [1.807, 2.05) is 6.08 Å². The molecule has 1 saturated carbocycles. The van der Waals surface area contributed by atoms with Crippen LogP contribution in [-0.4, -0.2) is 40.3 Å². The monoisotopic (exact) mass is 350 g/mol. The normalized spacial score (nSPS) is 30.5. The number of Topliss-reactive ketones (excluding diaryl/α,β-unsaturated/α-hetero) is 1. The van der Waals surface area contributed by atoms with E-state index >= 15 is 0 Å². The molecule has 2 aliphatic rings. The summed E-state index contributed by atoms with van der Waals surface area (Å²) in [7, 11) is 0. The van der Waals surface area contributed by atoms with Crippen LogP contribution in [0.5, 0.6) is 0 Å². The molecule has 0 aromatic heterocycles. The van der Waals surface area contributed by atoms with Crippen LogP contribution in [0.1, 0.15) is 64.7 Å². The van der Waals surface area contributed by atoms with E-state index in [0.29, 0.717) is 24.8 Å². The SMILES string of the molecule is CCCCC/C=C/C[C@@H]1/C(=C/[C@@H]2O[C@@H]2CCCC(=O)O)C(=O)C[C@H]1O. The van der Waals surface area contributed by atoms with Gasteiger partial charge in [-0.2, -0.15) is 0 Å². The van der Waals surface area contributed by atoms with Crippen LogP contribution < -0.4 is 0 Å². The van der Waals surface area contributed by atoms with E-state index in [9.17, 15) is 14.7 Å². The van der Waals surface area contributed by atoms with Crippen molar-refractivity contribution in [1.82, 2.24) is 0 Å². The Hall–Kier alpha value is -1.46. The molecular weight excluding hydrogens is 320 g/mol. The molecule has 1 heterocycles. The molecule has 2 fully saturated rings. The maximum absolute atomic E-state index is 12.2. The zero-order chi connectivity index (χ0) is 18.2. The molecular formula is C20H30O5. The van der Waals surface area contributed by atoms with E-state index in [-0.39, 0.29) is 36.8 Å². The third kappa shape index (κ3) is 6.40. The fraction of sp³-hybridized carbons (Fsp3) is 0.700. The molecule has 5 heteroatoms. The number of carbonyl (C=O) groups is 2. The summed E-state index contributed by atoms with van der Waals surface area (Å²) in [6.07, 6.45) is 12.3. The minimum atomic E-state index is -0.796. The lowest BCUT2D eigenvalue weighted by molar-refractivity contribution is -0.137. The molecule has 25 heavy (non-hydrogen) atoms. The molecule has 0 radical (unpaired) electrons. The number of allylic oxidation sites excluding steroid dienone is 2. The average Bonchev–Trinajstić information content (AvgIpc) is 3.23. The van der Waals surface area contributed by atoms with Gasteiger partial charge >= 0.3 is 5.97 Å². The quantitative estimate of drug-likeness (QED) is 0.258. The van der Waals surface area contributed by atoms with Gasteiger partial charge in [0.2, 0.25) is 0 Å². The molecule has 0 aromatic carbocycles. The third-order valence-corrected chi connectivity index (χ3v) is 4.96. The molecule has 0 unspecified atom stereocenters. The molecule has 0 aromatic rings. The van der Waals surface area contributed by atoms with Crippen LogP contribution in [-0.2, 0) is 14.3 Å². The smallest absolute Gasteiger partial charge is 0.303 e. The van der Waals surface area contributed by atoms with E-state index in [1.165, 1.54) is 19.3 Å². The van der Waals surface area contributed by atoms with Gasteiger partial charge in [-0.05, 0) is 43.8 Å². The number of aliphatic carboxylic acids is 1. The van der Waals surface area contributed by atoms with Gasteiger partial charge in [0.05, 0.1) is 12.2 Å². The number of hydrogen-bond donors (Lipinski definition) is 2. The largest absolute Gasteiger partial charge is 0.481 e. The Labute approximate surface area is 149 Å². The number of unbranched alkanes of at least 4 members (excludes halogenated alkanes) is 3. The maximum Gasteiger partial charge on any atom is 0.303 e. The molecule has 4 atom stereocenters. The highest BCUT2D eigenvalue weighted by atomic mass is 16.6. The Kier molecular flexibility index (Phi) is 7.85. The summed E-state index contributed by atoms with van der Waals surface area (Å²) in [6.45, 7) is 2.18. The van der Waals surface area contributed by atoms with Crippen molar-refractivity contribution in [3.8, 4) is 0 Å². The topological polar surface area (TPSA) is 87.1 Å². The highest BCUT2D eigenvalue weighted by Gasteiger charge is 2.41. The number of carboxylic acids is 1. The Bertz CT molecular complexity index is 522. The van der Waals surface area contributed by atoms with Crippen molar-refractivity contribution >= 4 is 11.8 Å². The Morgan fingerprint density at radius 2 is 2.08 bits per heavy atom. The summed E-state index contributed by atoms with van der Waals surface area (Å²) in [6, 6.07) is 0. The zero-order valence-corrected chi connectivity index (χ0v) is 15.0. The first-order valence-electron chi connectivity index (χ1n) is 9.48. The van der Waals surface area contributed by atoms with E-state index in [1.54, 1.807) is 0 Å². The molecule has 0 bridgehead atoms. The standard InChI is InChI=1S/C20H30O5/c1-2-3-4-5-6-7-9-14-15(17(22)13-16(14)21)12-19-18(25-19)10-8-11-20(23)24/h6-7,12,14,16,18-19,21H,2-5,8-11,13H2,1H3,(H,23,24)/b7-6+,15-12-/t14-,16-,18-,19+/m1/s1. The number of carboxylic acid groups (broad SMARTS) is 1. The van der Waals surface area contributed by atoms with Crippen LogP contribution in [0.15, 0.2) is 23.8 Å². The van der Waals surface area contributed by atoms with Gasteiger partial charge in [0.1, 0.15) is 6.10 Å². The number of carbonyl (C=O) groups excluding carboxylic acids is 1. The van der Waals surface area contributed by atoms with Crippen molar-refractivity contribution in [3.05, 3.63) is 23.8 Å². The minimum absolute atomic E-state index is 0.0108. The predicted molar refractivity (Wildman–Crippen MR) is 95.3 cm³/mol. The van der Waals surface area contributed by atoms with Crippen LogP contribution in [0.25, 0.3) is 0 Å². The predicted octanol–water partition coefficient (Wildman–Crippen LogP) is 3.41. The molecule has 2 rings (SSSR count). The third-order valence-electron chi connectivity index (χ3n) is 4.96. The fourth-order valence-corrected chi connectivity index (χ4v) is 3.40. The zero-order valence-electron chi connectivity index (χ0n) is 15.0. The van der Waals surface area contributed by atoms with Crippen molar-refractivity contribution in [3.63, 3.8) is 0 Å².